The summed E-state index contributed by atoms with van der Waals surface area (Å²) in [6, 6.07) is -0.824. The second-order valence-corrected chi connectivity index (χ2v) is 19.1. The van der Waals surface area contributed by atoms with Crippen molar-refractivity contribution in [1.82, 2.24) is 5.32 Å². The molecule has 0 aliphatic carbocycles. The number of carbonyl (C=O) groups excluding carboxylic acids is 1. The van der Waals surface area contributed by atoms with E-state index in [2.05, 4.69) is 43.5 Å². The Labute approximate surface area is 382 Å². The number of aliphatic hydroxyl groups excluding tert-OH is 3. The normalized spacial score (nSPS) is 13.5. The van der Waals surface area contributed by atoms with Gasteiger partial charge in [-0.3, -0.25) is 4.79 Å². The number of unbranched alkanes of at least 4 members (excludes halogenated alkanes) is 39. The molecular weight excluding hydrogens is 751 g/mol. The Balaban J connectivity index is 3.50. The van der Waals surface area contributed by atoms with E-state index in [1.54, 1.807) is 0 Å². The van der Waals surface area contributed by atoms with Gasteiger partial charge in [-0.25, -0.2) is 0 Å². The second-order valence-electron chi connectivity index (χ2n) is 19.1. The standard InChI is InChI=1S/C56H109NO4/c1-3-5-7-9-11-13-15-17-19-20-21-22-23-24-25-26-27-28-29-30-31-32-33-34-35-37-39-41-43-45-47-49-51-55(60)57-53(52-58)56(61)54(59)50-48-46-44-42-40-38-36-18-16-14-12-10-8-6-4-2/h24-25,42,44,53-54,56,58-59,61H,3-23,26-41,43,45-52H2,1-2H3,(H,57,60)/b25-24-,44-42+. The number of amides is 1. The Morgan fingerprint density at radius 3 is 0.951 bits per heavy atom. The predicted molar refractivity (Wildman–Crippen MR) is 268 cm³/mol. The van der Waals surface area contributed by atoms with Gasteiger partial charge in [-0.2, -0.15) is 0 Å². The van der Waals surface area contributed by atoms with Crippen molar-refractivity contribution in [2.75, 3.05) is 6.61 Å². The minimum Gasteiger partial charge on any atom is -0.394 e. The van der Waals surface area contributed by atoms with Gasteiger partial charge in [-0.05, 0) is 64.2 Å². The number of hydrogen-bond acceptors (Lipinski definition) is 4. The molecule has 0 saturated carbocycles. The zero-order valence-corrected chi connectivity index (χ0v) is 41.3. The molecule has 0 fully saturated rings. The van der Waals surface area contributed by atoms with Gasteiger partial charge in [0.05, 0.1) is 18.8 Å². The predicted octanol–water partition coefficient (Wildman–Crippen LogP) is 16.9. The fourth-order valence-electron chi connectivity index (χ4n) is 8.75. The quantitative estimate of drug-likeness (QED) is 0.0362. The third kappa shape index (κ3) is 46.6. The third-order valence-corrected chi connectivity index (χ3v) is 13.0. The molecule has 0 aliphatic rings. The number of rotatable bonds is 51. The summed E-state index contributed by atoms with van der Waals surface area (Å²) in [6.45, 7) is 4.19. The van der Waals surface area contributed by atoms with E-state index < -0.39 is 18.2 Å². The SMILES string of the molecule is CCCCCCCCCCCC/C=C/CCCC(O)C(O)C(CO)NC(=O)CCCCCCCCCCCCCCCCCC/C=C\CCCCCCCCCCCCCC. The van der Waals surface area contributed by atoms with E-state index in [0.29, 0.717) is 12.8 Å². The van der Waals surface area contributed by atoms with Crippen LogP contribution >= 0.6 is 0 Å². The molecule has 3 unspecified atom stereocenters. The van der Waals surface area contributed by atoms with E-state index in [9.17, 15) is 20.1 Å². The van der Waals surface area contributed by atoms with Gasteiger partial charge in [0, 0.05) is 6.42 Å². The molecule has 0 aromatic heterocycles. The van der Waals surface area contributed by atoms with Crippen LogP contribution in [0.2, 0.25) is 0 Å². The molecule has 1 amide bonds. The van der Waals surface area contributed by atoms with Crippen molar-refractivity contribution in [1.29, 1.82) is 0 Å². The number of allylic oxidation sites excluding steroid dienone is 4. The number of nitrogens with one attached hydrogen (secondary N) is 1. The molecule has 4 N–H and O–H groups in total. The van der Waals surface area contributed by atoms with Crippen molar-refractivity contribution >= 4 is 5.91 Å². The molecule has 5 heteroatoms. The fourth-order valence-corrected chi connectivity index (χ4v) is 8.75. The maximum Gasteiger partial charge on any atom is 0.220 e. The number of carbonyl (C=O) groups is 1. The van der Waals surface area contributed by atoms with Gasteiger partial charge in [-0.15, -0.1) is 0 Å². The summed E-state index contributed by atoms with van der Waals surface area (Å²) in [4.78, 5) is 12.5. The molecule has 0 saturated heterocycles. The highest BCUT2D eigenvalue weighted by atomic mass is 16.3. The van der Waals surface area contributed by atoms with Crippen molar-refractivity contribution < 1.29 is 20.1 Å². The molecule has 0 aliphatic heterocycles. The first-order valence-electron chi connectivity index (χ1n) is 27.6. The lowest BCUT2D eigenvalue weighted by atomic mass is 10.0. The lowest BCUT2D eigenvalue weighted by molar-refractivity contribution is -0.124. The Hall–Kier alpha value is -1.17. The van der Waals surface area contributed by atoms with E-state index in [-0.39, 0.29) is 12.5 Å². The van der Waals surface area contributed by atoms with E-state index in [1.165, 1.54) is 238 Å². The molecule has 5 nitrogen and oxygen atoms in total. The average Bonchev–Trinajstić information content (AvgIpc) is 3.26. The Morgan fingerprint density at radius 2 is 0.656 bits per heavy atom. The highest BCUT2D eigenvalue weighted by Gasteiger charge is 2.26. The summed E-state index contributed by atoms with van der Waals surface area (Å²) in [7, 11) is 0. The number of hydrogen-bond donors (Lipinski definition) is 4. The number of aliphatic hydroxyl groups is 3. The molecule has 3 atom stereocenters. The van der Waals surface area contributed by atoms with Gasteiger partial charge in [0.25, 0.3) is 0 Å². The lowest BCUT2D eigenvalue weighted by Gasteiger charge is -2.26. The van der Waals surface area contributed by atoms with Crippen molar-refractivity contribution in [3.8, 4) is 0 Å². The van der Waals surface area contributed by atoms with Crippen molar-refractivity contribution in [2.24, 2.45) is 0 Å². The van der Waals surface area contributed by atoms with Crippen LogP contribution in [-0.4, -0.2) is 46.1 Å². The fraction of sp³-hybridized carbons (Fsp3) is 0.911. The maximum atomic E-state index is 12.5. The zero-order valence-electron chi connectivity index (χ0n) is 41.3. The Bertz CT molecular complexity index is 905. The molecule has 0 spiro atoms. The van der Waals surface area contributed by atoms with Crippen LogP contribution in [-0.2, 0) is 4.79 Å². The van der Waals surface area contributed by atoms with Crippen LogP contribution in [0.25, 0.3) is 0 Å². The molecular formula is C56H109NO4. The van der Waals surface area contributed by atoms with Crippen LogP contribution in [0.5, 0.6) is 0 Å². The van der Waals surface area contributed by atoms with Gasteiger partial charge < -0.3 is 20.6 Å². The zero-order chi connectivity index (χ0) is 44.4. The van der Waals surface area contributed by atoms with E-state index in [0.717, 1.165) is 38.5 Å². The van der Waals surface area contributed by atoms with E-state index in [1.807, 2.05) is 0 Å². The topological polar surface area (TPSA) is 89.8 Å². The molecule has 0 aromatic rings. The summed E-state index contributed by atoms with van der Waals surface area (Å²) >= 11 is 0. The first kappa shape index (κ1) is 59.8. The van der Waals surface area contributed by atoms with Crippen molar-refractivity contribution in [3.63, 3.8) is 0 Å². The average molecular weight is 860 g/mol. The summed E-state index contributed by atoms with van der Waals surface area (Å²) in [5.41, 5.74) is 0. The molecule has 61 heavy (non-hydrogen) atoms. The van der Waals surface area contributed by atoms with Gasteiger partial charge in [0.1, 0.15) is 6.10 Å². The van der Waals surface area contributed by atoms with Crippen LogP contribution in [0.15, 0.2) is 24.3 Å². The van der Waals surface area contributed by atoms with Crippen LogP contribution in [0.1, 0.15) is 303 Å². The summed E-state index contributed by atoms with van der Waals surface area (Å²) < 4.78 is 0. The first-order valence-corrected chi connectivity index (χ1v) is 27.6. The monoisotopic (exact) mass is 860 g/mol. The first-order chi connectivity index (χ1) is 30.1. The van der Waals surface area contributed by atoms with Crippen LogP contribution in [0.4, 0.5) is 0 Å². The second kappa shape index (κ2) is 51.5. The molecule has 0 bridgehead atoms. The highest BCUT2D eigenvalue weighted by Crippen LogP contribution is 2.17. The molecule has 0 heterocycles. The van der Waals surface area contributed by atoms with Gasteiger partial charge in [0.15, 0.2) is 0 Å². The Morgan fingerprint density at radius 1 is 0.393 bits per heavy atom. The Kier molecular flexibility index (Phi) is 50.5. The van der Waals surface area contributed by atoms with Crippen LogP contribution in [0, 0.1) is 0 Å². The van der Waals surface area contributed by atoms with E-state index >= 15 is 0 Å². The molecule has 0 radical (unpaired) electrons. The molecule has 0 rings (SSSR count). The van der Waals surface area contributed by atoms with Gasteiger partial charge in [0.2, 0.25) is 5.91 Å². The summed E-state index contributed by atoms with van der Waals surface area (Å²) in [6.07, 6.45) is 64.8. The minimum atomic E-state index is -1.16. The van der Waals surface area contributed by atoms with Crippen molar-refractivity contribution in [3.05, 3.63) is 24.3 Å². The minimum absolute atomic E-state index is 0.150. The smallest absolute Gasteiger partial charge is 0.220 e. The summed E-state index contributed by atoms with van der Waals surface area (Å²) in [5.74, 6) is -0.150. The van der Waals surface area contributed by atoms with Crippen LogP contribution in [0.3, 0.4) is 0 Å². The highest BCUT2D eigenvalue weighted by molar-refractivity contribution is 5.76. The lowest BCUT2D eigenvalue weighted by Crippen LogP contribution is -2.50. The summed E-state index contributed by atoms with van der Waals surface area (Å²) in [5, 5.41) is 33.6. The third-order valence-electron chi connectivity index (χ3n) is 13.0. The molecule has 0 aromatic carbocycles. The van der Waals surface area contributed by atoms with Gasteiger partial charge >= 0.3 is 0 Å². The van der Waals surface area contributed by atoms with Crippen LogP contribution < -0.4 is 5.32 Å². The molecule has 362 valence electrons. The largest absolute Gasteiger partial charge is 0.394 e. The van der Waals surface area contributed by atoms with E-state index in [4.69, 9.17) is 0 Å². The maximum absolute atomic E-state index is 12.5. The van der Waals surface area contributed by atoms with Gasteiger partial charge in [-0.1, -0.05) is 256 Å². The van der Waals surface area contributed by atoms with Crippen molar-refractivity contribution in [2.45, 2.75) is 321 Å².